The summed E-state index contributed by atoms with van der Waals surface area (Å²) in [4.78, 5) is 14.6. The minimum atomic E-state index is -0.249. The second-order valence-electron chi connectivity index (χ2n) is 6.28. The van der Waals surface area contributed by atoms with Crippen LogP contribution < -0.4 is 15.5 Å². The molecule has 1 fully saturated rings. The summed E-state index contributed by atoms with van der Waals surface area (Å²) in [6.07, 6.45) is 4.70. The Kier molecular flexibility index (Phi) is 5.82. The van der Waals surface area contributed by atoms with Crippen molar-refractivity contribution >= 4 is 23.1 Å². The molecule has 0 saturated carbocycles. The lowest BCUT2D eigenvalue weighted by Gasteiger charge is -2.17. The molecule has 1 aromatic heterocycles. The summed E-state index contributed by atoms with van der Waals surface area (Å²) in [5.41, 5.74) is 2.28. The zero-order chi connectivity index (χ0) is 17.5. The van der Waals surface area contributed by atoms with Gasteiger partial charge in [0.1, 0.15) is 5.82 Å². The van der Waals surface area contributed by atoms with Gasteiger partial charge in [0, 0.05) is 31.0 Å². The van der Waals surface area contributed by atoms with Gasteiger partial charge in [-0.15, -0.1) is 10.2 Å². The van der Waals surface area contributed by atoms with Crippen LogP contribution in [0.2, 0.25) is 0 Å². The van der Waals surface area contributed by atoms with Crippen molar-refractivity contribution in [3.8, 4) is 0 Å². The van der Waals surface area contributed by atoms with E-state index in [9.17, 15) is 4.79 Å². The van der Waals surface area contributed by atoms with Gasteiger partial charge in [0.2, 0.25) is 0 Å². The number of rotatable bonds is 7. The fraction of sp³-hybridized carbons (Fsp3) is 0.421. The third-order valence-corrected chi connectivity index (χ3v) is 4.33. The smallest absolute Gasteiger partial charge is 0.276 e. The van der Waals surface area contributed by atoms with Crippen LogP contribution in [0.25, 0.3) is 0 Å². The average Bonchev–Trinajstić information content (AvgIpc) is 3.18. The highest BCUT2D eigenvalue weighted by molar-refractivity contribution is 6.02. The summed E-state index contributed by atoms with van der Waals surface area (Å²) in [5.74, 6) is 0.446. The summed E-state index contributed by atoms with van der Waals surface area (Å²) >= 11 is 0. The number of amides is 1. The molecule has 0 atom stereocenters. The second kappa shape index (κ2) is 8.46. The molecule has 3 rings (SSSR count). The van der Waals surface area contributed by atoms with Gasteiger partial charge in [-0.2, -0.15) is 0 Å². The second-order valence-corrected chi connectivity index (χ2v) is 6.28. The molecular weight excluding hydrogens is 314 g/mol. The third kappa shape index (κ3) is 4.68. The van der Waals surface area contributed by atoms with Crippen LogP contribution in [0.3, 0.4) is 0 Å². The van der Waals surface area contributed by atoms with Gasteiger partial charge in [-0.3, -0.25) is 4.79 Å². The molecule has 2 aromatic rings. The van der Waals surface area contributed by atoms with Crippen molar-refractivity contribution < 1.29 is 4.79 Å². The van der Waals surface area contributed by atoms with E-state index in [4.69, 9.17) is 0 Å². The normalized spacial score (nSPS) is 13.7. The Balaban J connectivity index is 1.56. The summed E-state index contributed by atoms with van der Waals surface area (Å²) in [5, 5.41) is 14.1. The van der Waals surface area contributed by atoms with Crippen molar-refractivity contribution in [3.63, 3.8) is 0 Å². The molecule has 1 aliphatic rings. The first-order valence-electron chi connectivity index (χ1n) is 9.00. The maximum atomic E-state index is 12.3. The quantitative estimate of drug-likeness (QED) is 0.755. The molecule has 6 nitrogen and oxygen atoms in total. The number of aromatic nitrogens is 2. The van der Waals surface area contributed by atoms with Crippen molar-refractivity contribution in [2.45, 2.75) is 32.6 Å². The van der Waals surface area contributed by atoms with Crippen molar-refractivity contribution in [2.24, 2.45) is 0 Å². The predicted molar refractivity (Wildman–Crippen MR) is 101 cm³/mol. The summed E-state index contributed by atoms with van der Waals surface area (Å²) < 4.78 is 0. The van der Waals surface area contributed by atoms with Crippen LogP contribution in [0, 0.1) is 0 Å². The van der Waals surface area contributed by atoms with Crippen molar-refractivity contribution in [2.75, 3.05) is 35.2 Å². The maximum absolute atomic E-state index is 12.3. The number of nitrogens with one attached hydrogen (secondary N) is 2. The van der Waals surface area contributed by atoms with Crippen LogP contribution in [0.5, 0.6) is 0 Å². The number of benzene rings is 1. The molecule has 0 spiro atoms. The highest BCUT2D eigenvalue weighted by Crippen LogP contribution is 2.22. The van der Waals surface area contributed by atoms with Crippen molar-refractivity contribution in [3.05, 3.63) is 42.1 Å². The van der Waals surface area contributed by atoms with Crippen molar-refractivity contribution in [1.29, 1.82) is 0 Å². The Bertz CT molecular complexity index is 678. The molecule has 1 aromatic carbocycles. The van der Waals surface area contributed by atoms with E-state index in [1.807, 2.05) is 24.3 Å². The number of nitrogens with zero attached hydrogens (tertiary/aromatic N) is 3. The molecule has 25 heavy (non-hydrogen) atoms. The Morgan fingerprint density at radius 1 is 1.08 bits per heavy atom. The zero-order valence-corrected chi connectivity index (χ0v) is 14.7. The van der Waals surface area contributed by atoms with Gasteiger partial charge in [0.25, 0.3) is 5.91 Å². The average molecular weight is 339 g/mol. The van der Waals surface area contributed by atoms with E-state index in [1.165, 1.54) is 18.5 Å². The lowest BCUT2D eigenvalue weighted by Crippen LogP contribution is -2.18. The van der Waals surface area contributed by atoms with Crippen LogP contribution >= 0.6 is 0 Å². The molecule has 0 radical (unpaired) electrons. The molecule has 0 unspecified atom stereocenters. The van der Waals surface area contributed by atoms with Crippen LogP contribution in [0.4, 0.5) is 17.2 Å². The molecule has 1 aliphatic heterocycles. The van der Waals surface area contributed by atoms with E-state index in [1.54, 1.807) is 12.1 Å². The van der Waals surface area contributed by atoms with E-state index in [2.05, 4.69) is 32.7 Å². The van der Waals surface area contributed by atoms with Gasteiger partial charge in [0.15, 0.2) is 5.69 Å². The van der Waals surface area contributed by atoms with Gasteiger partial charge in [-0.1, -0.05) is 13.3 Å². The van der Waals surface area contributed by atoms with Gasteiger partial charge in [-0.05, 0) is 55.7 Å². The molecule has 6 heteroatoms. The van der Waals surface area contributed by atoms with E-state index >= 15 is 0 Å². The first-order valence-corrected chi connectivity index (χ1v) is 9.00. The Morgan fingerprint density at radius 2 is 1.84 bits per heavy atom. The fourth-order valence-corrected chi connectivity index (χ4v) is 2.87. The summed E-state index contributed by atoms with van der Waals surface area (Å²) in [6.45, 7) is 5.22. The minimum absolute atomic E-state index is 0.249. The number of hydrogen-bond acceptors (Lipinski definition) is 5. The Morgan fingerprint density at radius 3 is 2.48 bits per heavy atom. The molecule has 0 bridgehead atoms. The minimum Gasteiger partial charge on any atom is -0.372 e. The standard InChI is InChI=1S/C19H25N5O/c1-2-3-12-20-18-11-10-17(22-23-18)19(25)21-15-6-8-16(9-7-15)24-13-4-5-14-24/h6-11H,2-5,12-14H2,1H3,(H,20,23)(H,21,25). The third-order valence-electron chi connectivity index (χ3n) is 4.33. The number of anilines is 3. The van der Waals surface area contributed by atoms with Gasteiger partial charge in [-0.25, -0.2) is 0 Å². The van der Waals surface area contributed by atoms with E-state index in [0.717, 1.165) is 38.2 Å². The Labute approximate surface area is 148 Å². The molecular formula is C19H25N5O. The maximum Gasteiger partial charge on any atom is 0.276 e. The zero-order valence-electron chi connectivity index (χ0n) is 14.7. The number of carbonyl (C=O) groups excluding carboxylic acids is 1. The van der Waals surface area contributed by atoms with Crippen LogP contribution in [0.15, 0.2) is 36.4 Å². The predicted octanol–water partition coefficient (Wildman–Crippen LogP) is 3.54. The molecule has 2 N–H and O–H groups in total. The van der Waals surface area contributed by atoms with E-state index in [-0.39, 0.29) is 5.91 Å². The lowest BCUT2D eigenvalue weighted by atomic mass is 10.2. The monoisotopic (exact) mass is 339 g/mol. The van der Waals surface area contributed by atoms with E-state index in [0.29, 0.717) is 11.5 Å². The lowest BCUT2D eigenvalue weighted by molar-refractivity contribution is 0.102. The highest BCUT2D eigenvalue weighted by atomic mass is 16.1. The fourth-order valence-electron chi connectivity index (χ4n) is 2.87. The van der Waals surface area contributed by atoms with Gasteiger partial charge >= 0.3 is 0 Å². The van der Waals surface area contributed by atoms with Crippen LogP contribution in [0.1, 0.15) is 43.1 Å². The molecule has 2 heterocycles. The van der Waals surface area contributed by atoms with Gasteiger partial charge < -0.3 is 15.5 Å². The Hall–Kier alpha value is -2.63. The number of hydrogen-bond donors (Lipinski definition) is 2. The van der Waals surface area contributed by atoms with Crippen molar-refractivity contribution in [1.82, 2.24) is 10.2 Å². The summed E-state index contributed by atoms with van der Waals surface area (Å²) in [7, 11) is 0. The van der Waals surface area contributed by atoms with E-state index < -0.39 is 0 Å². The van der Waals surface area contributed by atoms with Crippen LogP contribution in [-0.2, 0) is 0 Å². The number of carbonyl (C=O) groups is 1. The molecule has 1 amide bonds. The van der Waals surface area contributed by atoms with Gasteiger partial charge in [0.05, 0.1) is 0 Å². The molecule has 1 saturated heterocycles. The number of unbranched alkanes of at least 4 members (excludes halogenated alkanes) is 1. The largest absolute Gasteiger partial charge is 0.372 e. The molecule has 132 valence electrons. The first kappa shape index (κ1) is 17.2. The molecule has 0 aliphatic carbocycles. The SMILES string of the molecule is CCCCNc1ccc(C(=O)Nc2ccc(N3CCCC3)cc2)nn1. The first-order chi connectivity index (χ1) is 12.3. The topological polar surface area (TPSA) is 70.2 Å². The summed E-state index contributed by atoms with van der Waals surface area (Å²) in [6, 6.07) is 11.4. The highest BCUT2D eigenvalue weighted by Gasteiger charge is 2.13. The van der Waals surface area contributed by atoms with Crippen LogP contribution in [-0.4, -0.2) is 35.7 Å².